The molecule has 16 heavy (non-hydrogen) atoms. The number of hydrogen-bond acceptors (Lipinski definition) is 5. The molecule has 1 aliphatic heterocycles. The maximum atomic E-state index is 5.68. The third kappa shape index (κ3) is 1.95. The van der Waals surface area contributed by atoms with Crippen LogP contribution in [0.15, 0.2) is 6.33 Å². The summed E-state index contributed by atoms with van der Waals surface area (Å²) in [4.78, 5) is 10.7. The molecule has 0 aliphatic carbocycles. The number of ether oxygens (including phenoxy) is 1. The smallest absolute Gasteiger partial charge is 0.182 e. The summed E-state index contributed by atoms with van der Waals surface area (Å²) < 4.78 is 5.36. The largest absolute Gasteiger partial charge is 0.491 e. The van der Waals surface area contributed by atoms with Crippen molar-refractivity contribution in [1.29, 1.82) is 0 Å². The van der Waals surface area contributed by atoms with Crippen LogP contribution in [0.5, 0.6) is 5.75 Å². The Balaban J connectivity index is 2.24. The van der Waals surface area contributed by atoms with Crippen LogP contribution in [0.3, 0.4) is 0 Å². The van der Waals surface area contributed by atoms with E-state index in [0.717, 1.165) is 43.3 Å². The number of anilines is 1. The summed E-state index contributed by atoms with van der Waals surface area (Å²) >= 11 is 0. The van der Waals surface area contributed by atoms with E-state index < -0.39 is 0 Å². The van der Waals surface area contributed by atoms with Gasteiger partial charge in [-0.1, -0.05) is 0 Å². The topological polar surface area (TPSA) is 64.3 Å². The molecule has 2 heterocycles. The summed E-state index contributed by atoms with van der Waals surface area (Å²) in [5, 5.41) is 0. The van der Waals surface area contributed by atoms with Gasteiger partial charge in [0.05, 0.1) is 12.8 Å². The Morgan fingerprint density at radius 2 is 2.38 bits per heavy atom. The fraction of sp³-hybridized carbons (Fsp3) is 0.636. The molecular formula is C11H18N4O. The van der Waals surface area contributed by atoms with Crippen molar-refractivity contribution in [3.05, 3.63) is 12.0 Å². The SMILES string of the molecule is COc1c(C)ncnc1N1CCC(CN)C1. The van der Waals surface area contributed by atoms with Gasteiger partial charge in [-0.3, -0.25) is 0 Å². The molecule has 0 amide bonds. The van der Waals surface area contributed by atoms with Gasteiger partial charge in [-0.05, 0) is 25.8 Å². The van der Waals surface area contributed by atoms with Crippen LogP contribution in [0.1, 0.15) is 12.1 Å². The van der Waals surface area contributed by atoms with Crippen LogP contribution in [0.25, 0.3) is 0 Å². The predicted octanol–water partition coefficient (Wildman–Crippen LogP) is 0.579. The lowest BCUT2D eigenvalue weighted by molar-refractivity contribution is 0.407. The molecule has 1 aliphatic rings. The van der Waals surface area contributed by atoms with Crippen LogP contribution in [0, 0.1) is 12.8 Å². The summed E-state index contributed by atoms with van der Waals surface area (Å²) in [7, 11) is 1.66. The Hall–Kier alpha value is -1.36. The average molecular weight is 222 g/mol. The maximum absolute atomic E-state index is 5.68. The molecule has 0 radical (unpaired) electrons. The third-order valence-corrected chi connectivity index (χ3v) is 3.09. The molecular weight excluding hydrogens is 204 g/mol. The van der Waals surface area contributed by atoms with Gasteiger partial charge in [-0.15, -0.1) is 0 Å². The highest BCUT2D eigenvalue weighted by atomic mass is 16.5. The second kappa shape index (κ2) is 4.65. The Morgan fingerprint density at radius 1 is 1.56 bits per heavy atom. The third-order valence-electron chi connectivity index (χ3n) is 3.09. The molecule has 1 unspecified atom stereocenters. The van der Waals surface area contributed by atoms with E-state index in [4.69, 9.17) is 10.5 Å². The number of rotatable bonds is 3. The molecule has 5 heteroatoms. The molecule has 1 saturated heterocycles. The fourth-order valence-corrected chi connectivity index (χ4v) is 2.13. The Labute approximate surface area is 95.6 Å². The second-order valence-electron chi connectivity index (χ2n) is 4.15. The van der Waals surface area contributed by atoms with E-state index in [1.165, 1.54) is 0 Å². The number of methoxy groups -OCH3 is 1. The number of aromatic nitrogens is 2. The molecule has 5 nitrogen and oxygen atoms in total. The predicted molar refractivity (Wildman–Crippen MR) is 62.7 cm³/mol. The number of nitrogens with zero attached hydrogens (tertiary/aromatic N) is 3. The lowest BCUT2D eigenvalue weighted by Gasteiger charge is -2.20. The number of hydrogen-bond donors (Lipinski definition) is 1. The molecule has 0 saturated carbocycles. The summed E-state index contributed by atoms with van der Waals surface area (Å²) in [5.41, 5.74) is 6.56. The minimum atomic E-state index is 0.569. The van der Waals surface area contributed by atoms with Gasteiger partial charge in [-0.2, -0.15) is 0 Å². The van der Waals surface area contributed by atoms with E-state index >= 15 is 0 Å². The van der Waals surface area contributed by atoms with Crippen molar-refractivity contribution in [2.45, 2.75) is 13.3 Å². The van der Waals surface area contributed by atoms with Crippen molar-refractivity contribution in [1.82, 2.24) is 9.97 Å². The van der Waals surface area contributed by atoms with Gasteiger partial charge in [0.1, 0.15) is 6.33 Å². The van der Waals surface area contributed by atoms with Gasteiger partial charge < -0.3 is 15.4 Å². The molecule has 1 aromatic rings. The molecule has 2 rings (SSSR count). The van der Waals surface area contributed by atoms with E-state index in [0.29, 0.717) is 5.92 Å². The zero-order chi connectivity index (χ0) is 11.5. The van der Waals surface area contributed by atoms with Crippen LogP contribution < -0.4 is 15.4 Å². The van der Waals surface area contributed by atoms with Crippen molar-refractivity contribution < 1.29 is 4.74 Å². The van der Waals surface area contributed by atoms with Crippen LogP contribution in [-0.2, 0) is 0 Å². The molecule has 0 aromatic carbocycles. The highest BCUT2D eigenvalue weighted by Gasteiger charge is 2.25. The van der Waals surface area contributed by atoms with Crippen LogP contribution >= 0.6 is 0 Å². The van der Waals surface area contributed by atoms with Crippen molar-refractivity contribution in [2.75, 3.05) is 31.6 Å². The lowest BCUT2D eigenvalue weighted by Crippen LogP contribution is -2.24. The minimum Gasteiger partial charge on any atom is -0.491 e. The van der Waals surface area contributed by atoms with E-state index in [-0.39, 0.29) is 0 Å². The van der Waals surface area contributed by atoms with Gasteiger partial charge >= 0.3 is 0 Å². The minimum absolute atomic E-state index is 0.569. The quantitative estimate of drug-likeness (QED) is 0.810. The first kappa shape index (κ1) is 11.1. The highest BCUT2D eigenvalue weighted by molar-refractivity contribution is 5.54. The normalized spacial score (nSPS) is 20.2. The Kier molecular flexibility index (Phi) is 3.24. The van der Waals surface area contributed by atoms with E-state index in [9.17, 15) is 0 Å². The molecule has 0 spiro atoms. The summed E-state index contributed by atoms with van der Waals surface area (Å²) in [5.74, 6) is 2.24. The van der Waals surface area contributed by atoms with E-state index in [2.05, 4.69) is 14.9 Å². The molecule has 1 atom stereocenters. The highest BCUT2D eigenvalue weighted by Crippen LogP contribution is 2.31. The molecule has 2 N–H and O–H groups in total. The Bertz CT molecular complexity index is 369. The van der Waals surface area contributed by atoms with Crippen molar-refractivity contribution in [3.8, 4) is 5.75 Å². The van der Waals surface area contributed by atoms with Gasteiger partial charge in [0, 0.05) is 13.1 Å². The monoisotopic (exact) mass is 222 g/mol. The van der Waals surface area contributed by atoms with Crippen LogP contribution in [-0.4, -0.2) is 36.7 Å². The molecule has 88 valence electrons. The maximum Gasteiger partial charge on any atom is 0.182 e. The fourth-order valence-electron chi connectivity index (χ4n) is 2.13. The van der Waals surface area contributed by atoms with Crippen molar-refractivity contribution in [3.63, 3.8) is 0 Å². The second-order valence-corrected chi connectivity index (χ2v) is 4.15. The van der Waals surface area contributed by atoms with Gasteiger partial charge in [0.2, 0.25) is 0 Å². The molecule has 1 fully saturated rings. The first-order valence-corrected chi connectivity index (χ1v) is 5.57. The lowest BCUT2D eigenvalue weighted by atomic mass is 10.1. The zero-order valence-electron chi connectivity index (χ0n) is 9.81. The van der Waals surface area contributed by atoms with Crippen LogP contribution in [0.4, 0.5) is 5.82 Å². The van der Waals surface area contributed by atoms with E-state index in [1.807, 2.05) is 6.92 Å². The van der Waals surface area contributed by atoms with Crippen LogP contribution in [0.2, 0.25) is 0 Å². The molecule has 1 aromatic heterocycles. The number of nitrogens with two attached hydrogens (primary N) is 1. The van der Waals surface area contributed by atoms with E-state index in [1.54, 1.807) is 13.4 Å². The van der Waals surface area contributed by atoms with Crippen molar-refractivity contribution >= 4 is 5.82 Å². The first-order valence-electron chi connectivity index (χ1n) is 5.57. The summed E-state index contributed by atoms with van der Waals surface area (Å²) in [6, 6.07) is 0. The summed E-state index contributed by atoms with van der Waals surface area (Å²) in [6.45, 7) is 4.63. The van der Waals surface area contributed by atoms with Gasteiger partial charge in [-0.25, -0.2) is 9.97 Å². The number of aryl methyl sites for hydroxylation is 1. The van der Waals surface area contributed by atoms with Gasteiger partial charge in [0.15, 0.2) is 11.6 Å². The zero-order valence-corrected chi connectivity index (χ0v) is 9.81. The van der Waals surface area contributed by atoms with Gasteiger partial charge in [0.25, 0.3) is 0 Å². The van der Waals surface area contributed by atoms with Crippen molar-refractivity contribution in [2.24, 2.45) is 11.7 Å². The molecule has 0 bridgehead atoms. The summed E-state index contributed by atoms with van der Waals surface area (Å²) in [6.07, 6.45) is 2.71. The average Bonchev–Trinajstić information content (AvgIpc) is 2.77. The first-order chi connectivity index (χ1) is 7.76. The standard InChI is InChI=1S/C11H18N4O/c1-8-10(16-2)11(14-7-13-8)15-4-3-9(5-12)6-15/h7,9H,3-6,12H2,1-2H3. The Morgan fingerprint density at radius 3 is 3.00 bits per heavy atom.